The molecule has 0 aliphatic heterocycles. The van der Waals surface area contributed by atoms with Gasteiger partial charge in [-0.1, -0.05) is 161 Å². The van der Waals surface area contributed by atoms with Crippen molar-refractivity contribution in [3.05, 3.63) is 0 Å². The fraction of sp³-hybridized carbons (Fsp3) is 0.969. The van der Waals surface area contributed by atoms with Gasteiger partial charge in [0.05, 0.1) is 6.61 Å². The van der Waals surface area contributed by atoms with E-state index in [1.54, 1.807) is 6.92 Å². The molecule has 1 saturated carbocycles. The summed E-state index contributed by atoms with van der Waals surface area (Å²) >= 11 is 0. The van der Waals surface area contributed by atoms with Crippen molar-refractivity contribution >= 4 is 5.97 Å². The Balaban J connectivity index is 1.93. The fourth-order valence-electron chi connectivity index (χ4n) is 5.83. The third-order valence-electron chi connectivity index (χ3n) is 8.20. The van der Waals surface area contributed by atoms with Gasteiger partial charge in [-0.25, -0.2) is 0 Å². The molecule has 2 heteroatoms. The molecule has 1 rings (SSSR count). The summed E-state index contributed by atoms with van der Waals surface area (Å²) in [7, 11) is 0. The number of hydrogen-bond acceptors (Lipinski definition) is 2. The molecule has 0 N–H and O–H groups in total. The quantitative estimate of drug-likeness (QED) is 0.128. The summed E-state index contributed by atoms with van der Waals surface area (Å²) in [5.74, 6) is 1.39. The van der Waals surface area contributed by atoms with Crippen LogP contribution in [-0.2, 0) is 9.53 Å². The molecule has 2 nitrogen and oxygen atoms in total. The molecule has 202 valence electrons. The summed E-state index contributed by atoms with van der Waals surface area (Å²) in [6.45, 7) is 4.50. The second-order valence-corrected chi connectivity index (χ2v) is 11.5. The number of unbranched alkanes of at least 4 members (excludes halogenated alkanes) is 16. The van der Waals surface area contributed by atoms with Crippen LogP contribution in [-0.4, -0.2) is 12.6 Å². The lowest BCUT2D eigenvalue weighted by molar-refractivity contribution is -0.142. The van der Waals surface area contributed by atoms with Crippen LogP contribution in [0.15, 0.2) is 0 Å². The normalized spacial score (nSPS) is 19.7. The van der Waals surface area contributed by atoms with E-state index in [0.717, 1.165) is 5.92 Å². The molecule has 1 fully saturated rings. The SMILES string of the molecule is CCCCCCCCCCCCCCCCCCCC1CCCCCCC(COC(C)=O)CC1. The highest BCUT2D eigenvalue weighted by atomic mass is 16.5. The number of ether oxygens (including phenoxy) is 1. The van der Waals surface area contributed by atoms with E-state index in [0.29, 0.717) is 12.5 Å². The van der Waals surface area contributed by atoms with Gasteiger partial charge in [-0.05, 0) is 24.7 Å². The van der Waals surface area contributed by atoms with Crippen LogP contribution in [0.1, 0.15) is 181 Å². The van der Waals surface area contributed by atoms with Gasteiger partial charge in [-0.15, -0.1) is 0 Å². The topological polar surface area (TPSA) is 26.3 Å². The minimum Gasteiger partial charge on any atom is -0.466 e. The second kappa shape index (κ2) is 24.2. The average molecular weight is 479 g/mol. The lowest BCUT2D eigenvalue weighted by Gasteiger charge is -2.23. The van der Waals surface area contributed by atoms with Crippen molar-refractivity contribution in [1.82, 2.24) is 0 Å². The van der Waals surface area contributed by atoms with Crippen molar-refractivity contribution in [2.75, 3.05) is 6.61 Å². The van der Waals surface area contributed by atoms with Crippen LogP contribution >= 0.6 is 0 Å². The molecule has 1 aliphatic rings. The van der Waals surface area contributed by atoms with Crippen LogP contribution in [0.3, 0.4) is 0 Å². The summed E-state index contributed by atoms with van der Waals surface area (Å²) < 4.78 is 5.34. The molecule has 2 atom stereocenters. The third-order valence-corrected chi connectivity index (χ3v) is 8.20. The first-order valence-corrected chi connectivity index (χ1v) is 15.9. The molecule has 0 amide bonds. The highest BCUT2D eigenvalue weighted by molar-refractivity contribution is 5.65. The molecular weight excluding hydrogens is 416 g/mol. The minimum absolute atomic E-state index is 0.114. The van der Waals surface area contributed by atoms with Gasteiger partial charge in [0.25, 0.3) is 0 Å². The summed E-state index contributed by atoms with van der Waals surface area (Å²) in [5, 5.41) is 0. The molecule has 0 saturated heterocycles. The van der Waals surface area contributed by atoms with Gasteiger partial charge in [-0.2, -0.15) is 0 Å². The standard InChI is InChI=1S/C32H62O2/c1-3-4-5-6-7-8-9-10-11-12-13-14-15-16-17-18-21-24-31-25-22-19-20-23-26-32(28-27-31)29-34-30(2)33/h31-32H,3-29H2,1-2H3. The summed E-state index contributed by atoms with van der Waals surface area (Å²) in [6, 6.07) is 0. The Morgan fingerprint density at radius 2 is 0.971 bits per heavy atom. The number of rotatable bonds is 20. The summed E-state index contributed by atoms with van der Waals surface area (Å²) in [5.41, 5.74) is 0. The van der Waals surface area contributed by atoms with Crippen LogP contribution in [0.25, 0.3) is 0 Å². The molecule has 2 unspecified atom stereocenters. The van der Waals surface area contributed by atoms with Gasteiger partial charge in [0.2, 0.25) is 0 Å². The van der Waals surface area contributed by atoms with E-state index in [4.69, 9.17) is 4.74 Å². The zero-order valence-corrected chi connectivity index (χ0v) is 23.6. The molecule has 1 aliphatic carbocycles. The predicted molar refractivity (Wildman–Crippen MR) is 149 cm³/mol. The maximum absolute atomic E-state index is 11.2. The van der Waals surface area contributed by atoms with E-state index in [9.17, 15) is 4.79 Å². The molecule has 0 aromatic heterocycles. The number of carbonyl (C=O) groups is 1. The van der Waals surface area contributed by atoms with Crippen molar-refractivity contribution < 1.29 is 9.53 Å². The lowest BCUT2D eigenvalue weighted by Crippen LogP contribution is -2.15. The Kier molecular flexibility index (Phi) is 22.4. The lowest BCUT2D eigenvalue weighted by atomic mass is 9.85. The number of carbonyl (C=O) groups excluding carboxylic acids is 1. The van der Waals surface area contributed by atoms with E-state index in [2.05, 4.69) is 6.92 Å². The van der Waals surface area contributed by atoms with Crippen LogP contribution in [0.5, 0.6) is 0 Å². The first-order valence-electron chi connectivity index (χ1n) is 15.9. The van der Waals surface area contributed by atoms with Gasteiger partial charge < -0.3 is 4.74 Å². The summed E-state index contributed by atoms with van der Waals surface area (Å²) in [4.78, 5) is 11.2. The van der Waals surface area contributed by atoms with Crippen molar-refractivity contribution in [3.8, 4) is 0 Å². The van der Waals surface area contributed by atoms with Gasteiger partial charge in [0, 0.05) is 6.92 Å². The molecule has 0 bridgehead atoms. The van der Waals surface area contributed by atoms with E-state index < -0.39 is 0 Å². The Morgan fingerprint density at radius 1 is 0.559 bits per heavy atom. The van der Waals surface area contributed by atoms with E-state index >= 15 is 0 Å². The molecule has 0 radical (unpaired) electrons. The van der Waals surface area contributed by atoms with Gasteiger partial charge >= 0.3 is 5.97 Å². The van der Waals surface area contributed by atoms with Gasteiger partial charge in [0.15, 0.2) is 0 Å². The molecular formula is C32H62O2. The zero-order valence-electron chi connectivity index (χ0n) is 23.6. The van der Waals surface area contributed by atoms with Gasteiger partial charge in [0.1, 0.15) is 0 Å². The van der Waals surface area contributed by atoms with Crippen LogP contribution in [0.4, 0.5) is 0 Å². The van der Waals surface area contributed by atoms with E-state index in [1.165, 1.54) is 167 Å². The number of esters is 1. The number of hydrogen-bond donors (Lipinski definition) is 0. The monoisotopic (exact) mass is 478 g/mol. The highest BCUT2D eigenvalue weighted by Crippen LogP contribution is 2.28. The second-order valence-electron chi connectivity index (χ2n) is 11.5. The Bertz CT molecular complexity index is 433. The largest absolute Gasteiger partial charge is 0.466 e. The van der Waals surface area contributed by atoms with Crippen molar-refractivity contribution in [1.29, 1.82) is 0 Å². The van der Waals surface area contributed by atoms with Crippen LogP contribution in [0.2, 0.25) is 0 Å². The third kappa shape index (κ3) is 20.8. The summed E-state index contributed by atoms with van der Waals surface area (Å²) in [6.07, 6.45) is 36.9. The maximum Gasteiger partial charge on any atom is 0.302 e. The van der Waals surface area contributed by atoms with E-state index in [-0.39, 0.29) is 5.97 Å². The smallest absolute Gasteiger partial charge is 0.302 e. The predicted octanol–water partition coefficient (Wildman–Crippen LogP) is 11.0. The van der Waals surface area contributed by atoms with Gasteiger partial charge in [-0.3, -0.25) is 4.79 Å². The van der Waals surface area contributed by atoms with Crippen molar-refractivity contribution in [2.45, 2.75) is 181 Å². The van der Waals surface area contributed by atoms with Crippen molar-refractivity contribution in [3.63, 3.8) is 0 Å². The molecule has 0 aromatic carbocycles. The maximum atomic E-state index is 11.2. The highest BCUT2D eigenvalue weighted by Gasteiger charge is 2.16. The Labute approximate surface area is 214 Å². The molecule has 34 heavy (non-hydrogen) atoms. The Morgan fingerprint density at radius 3 is 1.44 bits per heavy atom. The fourth-order valence-corrected chi connectivity index (χ4v) is 5.83. The van der Waals surface area contributed by atoms with Crippen molar-refractivity contribution in [2.24, 2.45) is 11.8 Å². The zero-order chi connectivity index (χ0) is 24.5. The minimum atomic E-state index is -0.114. The molecule has 0 spiro atoms. The molecule has 0 heterocycles. The first kappa shape index (κ1) is 31.5. The van der Waals surface area contributed by atoms with E-state index in [1.807, 2.05) is 0 Å². The van der Waals surface area contributed by atoms with Crippen LogP contribution in [0, 0.1) is 11.8 Å². The van der Waals surface area contributed by atoms with Crippen LogP contribution < -0.4 is 0 Å². The Hall–Kier alpha value is -0.530. The molecule has 0 aromatic rings. The average Bonchev–Trinajstić information content (AvgIpc) is 2.83. The first-order chi connectivity index (χ1) is 16.7.